The Bertz CT molecular complexity index is 1080. The molecule has 1 aliphatic rings. The van der Waals surface area contributed by atoms with Crippen molar-refractivity contribution in [3.8, 4) is 0 Å². The van der Waals surface area contributed by atoms with Crippen LogP contribution in [0, 0.1) is 23.6 Å². The number of benzene rings is 2. The third-order valence-electron chi connectivity index (χ3n) is 6.54. The number of amides is 1. The number of hydrogen-bond acceptors (Lipinski definition) is 3. The molecular weight excluding hydrogens is 474 g/mol. The monoisotopic (exact) mass is 509 g/mol. The molecular formula is C28H35F4NO3. The molecule has 1 atom stereocenters. The minimum Gasteiger partial charge on any atom is -0.390 e. The second kappa shape index (κ2) is 11.5. The third-order valence-corrected chi connectivity index (χ3v) is 6.54. The Morgan fingerprint density at radius 1 is 1.06 bits per heavy atom. The van der Waals surface area contributed by atoms with Crippen LogP contribution in [0.15, 0.2) is 36.4 Å². The molecule has 0 aromatic heterocycles. The van der Waals surface area contributed by atoms with Gasteiger partial charge >= 0.3 is 6.18 Å². The summed E-state index contributed by atoms with van der Waals surface area (Å²) in [6.07, 6.45) is -1.87. The summed E-state index contributed by atoms with van der Waals surface area (Å²) in [5.74, 6) is -1.97. The van der Waals surface area contributed by atoms with Gasteiger partial charge in [-0.3, -0.25) is 9.59 Å². The topological polar surface area (TPSA) is 66.4 Å². The van der Waals surface area contributed by atoms with Crippen LogP contribution in [0.5, 0.6) is 0 Å². The Kier molecular flexibility index (Phi) is 9.46. The summed E-state index contributed by atoms with van der Waals surface area (Å²) in [7, 11) is 0. The number of Topliss-reactive ketones (excluding diaryl/α,β-unsaturated/α-hetero) is 1. The van der Waals surface area contributed by atoms with Gasteiger partial charge < -0.3 is 10.4 Å². The van der Waals surface area contributed by atoms with Gasteiger partial charge in [-0.05, 0) is 68.7 Å². The minimum atomic E-state index is -5.03. The lowest BCUT2D eigenvalue weighted by molar-refractivity contribution is -0.140. The predicted octanol–water partition coefficient (Wildman–Crippen LogP) is 7.30. The molecule has 1 amide bonds. The van der Waals surface area contributed by atoms with Crippen LogP contribution in [-0.2, 0) is 12.6 Å². The fourth-order valence-corrected chi connectivity index (χ4v) is 3.94. The van der Waals surface area contributed by atoms with Crippen molar-refractivity contribution in [3.05, 3.63) is 64.5 Å². The highest BCUT2D eigenvalue weighted by molar-refractivity contribution is 6.11. The van der Waals surface area contributed by atoms with Crippen molar-refractivity contribution in [2.45, 2.75) is 72.6 Å². The van der Waals surface area contributed by atoms with Crippen molar-refractivity contribution < 1.29 is 32.3 Å². The number of hydrogen-bond donors (Lipinski definition) is 2. The SMILES string of the molecule is CC(C1CC1)C(C)(C)O.CCc1cccc(NC(=O)c2cccc(F)c2C(F)(F)F)c1C(=O)C(C)C. The van der Waals surface area contributed by atoms with Crippen molar-refractivity contribution in [1.29, 1.82) is 0 Å². The Labute approximate surface area is 210 Å². The van der Waals surface area contributed by atoms with Crippen LogP contribution in [0.1, 0.15) is 86.2 Å². The van der Waals surface area contributed by atoms with Gasteiger partial charge in [-0.2, -0.15) is 13.2 Å². The Morgan fingerprint density at radius 2 is 1.64 bits per heavy atom. The molecule has 36 heavy (non-hydrogen) atoms. The van der Waals surface area contributed by atoms with Crippen molar-refractivity contribution in [1.82, 2.24) is 0 Å². The number of aliphatic hydroxyl groups is 1. The van der Waals surface area contributed by atoms with Gasteiger partial charge in [0, 0.05) is 11.5 Å². The first kappa shape index (κ1) is 29.5. The van der Waals surface area contributed by atoms with E-state index in [9.17, 15) is 32.3 Å². The summed E-state index contributed by atoms with van der Waals surface area (Å²) in [5.41, 5.74) is -1.90. The van der Waals surface area contributed by atoms with Crippen molar-refractivity contribution in [3.63, 3.8) is 0 Å². The molecule has 4 nitrogen and oxygen atoms in total. The van der Waals surface area contributed by atoms with Gasteiger partial charge in [0.15, 0.2) is 5.78 Å². The average Bonchev–Trinajstić information content (AvgIpc) is 3.62. The maximum absolute atomic E-state index is 13.7. The molecule has 198 valence electrons. The lowest BCUT2D eigenvalue weighted by Crippen LogP contribution is -2.29. The van der Waals surface area contributed by atoms with Crippen LogP contribution in [0.3, 0.4) is 0 Å². The lowest BCUT2D eigenvalue weighted by atomic mass is 9.89. The highest BCUT2D eigenvalue weighted by atomic mass is 19.4. The van der Waals surface area contributed by atoms with Crippen LogP contribution < -0.4 is 5.32 Å². The zero-order valence-corrected chi connectivity index (χ0v) is 21.6. The number of ketones is 1. The van der Waals surface area contributed by atoms with Crippen molar-refractivity contribution in [2.75, 3.05) is 5.32 Å². The predicted molar refractivity (Wildman–Crippen MR) is 133 cm³/mol. The molecule has 8 heteroatoms. The van der Waals surface area contributed by atoms with E-state index in [2.05, 4.69) is 12.2 Å². The molecule has 0 radical (unpaired) electrons. The fourth-order valence-electron chi connectivity index (χ4n) is 3.94. The summed E-state index contributed by atoms with van der Waals surface area (Å²) in [6.45, 7) is 11.1. The smallest absolute Gasteiger partial charge is 0.390 e. The molecule has 0 aliphatic heterocycles. The number of nitrogens with one attached hydrogen (secondary N) is 1. The second-order valence-corrected chi connectivity index (χ2v) is 10.1. The Morgan fingerprint density at radius 3 is 2.08 bits per heavy atom. The number of aryl methyl sites for hydroxylation is 1. The molecule has 0 heterocycles. The average molecular weight is 510 g/mol. The molecule has 0 saturated heterocycles. The van der Waals surface area contributed by atoms with E-state index in [-0.39, 0.29) is 23.0 Å². The molecule has 3 rings (SSSR count). The zero-order valence-electron chi connectivity index (χ0n) is 21.6. The van der Waals surface area contributed by atoms with Crippen LogP contribution in [0.25, 0.3) is 0 Å². The van der Waals surface area contributed by atoms with E-state index in [1.54, 1.807) is 26.0 Å². The van der Waals surface area contributed by atoms with E-state index in [1.807, 2.05) is 20.8 Å². The van der Waals surface area contributed by atoms with Crippen molar-refractivity contribution >= 4 is 17.4 Å². The zero-order chi connectivity index (χ0) is 27.4. The maximum atomic E-state index is 13.7. The standard InChI is InChI=1S/C20H19F4NO2.C8H16O/c1-4-12-7-5-10-15(16(12)18(26)11(2)3)25-19(27)13-8-6-9-14(21)17(13)20(22,23)24;1-6(7-4-5-7)8(2,3)9/h5-11H,4H2,1-3H3,(H,25,27);6-7,9H,4-5H2,1-3H3. The largest absolute Gasteiger partial charge is 0.420 e. The quantitative estimate of drug-likeness (QED) is 0.304. The van der Waals surface area contributed by atoms with Crippen LogP contribution in [-0.4, -0.2) is 22.4 Å². The summed E-state index contributed by atoms with van der Waals surface area (Å²) in [6, 6.07) is 7.33. The van der Waals surface area contributed by atoms with Crippen molar-refractivity contribution in [2.24, 2.45) is 17.8 Å². The third kappa shape index (κ3) is 7.38. The molecule has 1 fully saturated rings. The Balaban J connectivity index is 0.000000425. The number of carbonyl (C=O) groups excluding carboxylic acids is 2. The molecule has 2 N–H and O–H groups in total. The van der Waals surface area contributed by atoms with E-state index in [1.165, 1.54) is 18.9 Å². The van der Waals surface area contributed by atoms with Gasteiger partial charge in [-0.1, -0.05) is 45.9 Å². The lowest BCUT2D eigenvalue weighted by Gasteiger charge is -2.25. The minimum absolute atomic E-state index is 0.107. The molecule has 1 unspecified atom stereocenters. The summed E-state index contributed by atoms with van der Waals surface area (Å²) in [5, 5.41) is 11.8. The van der Waals surface area contributed by atoms with Gasteiger partial charge in [-0.15, -0.1) is 0 Å². The van der Waals surface area contributed by atoms with Gasteiger partial charge in [0.25, 0.3) is 5.91 Å². The number of anilines is 1. The van der Waals surface area contributed by atoms with E-state index in [0.29, 0.717) is 24.0 Å². The first-order valence-electron chi connectivity index (χ1n) is 12.1. The van der Waals surface area contributed by atoms with Gasteiger partial charge in [0.1, 0.15) is 11.4 Å². The molecule has 0 spiro atoms. The summed E-state index contributed by atoms with van der Waals surface area (Å²) < 4.78 is 53.2. The molecule has 2 aromatic rings. The Hall–Kier alpha value is -2.74. The van der Waals surface area contributed by atoms with E-state index in [0.717, 1.165) is 18.1 Å². The maximum Gasteiger partial charge on any atom is 0.420 e. The highest BCUT2D eigenvalue weighted by Gasteiger charge is 2.39. The van der Waals surface area contributed by atoms with Gasteiger partial charge in [-0.25, -0.2) is 4.39 Å². The first-order valence-corrected chi connectivity index (χ1v) is 12.1. The van der Waals surface area contributed by atoms with Crippen LogP contribution in [0.2, 0.25) is 0 Å². The van der Waals surface area contributed by atoms with Crippen LogP contribution >= 0.6 is 0 Å². The normalized spacial score (nSPS) is 14.7. The molecule has 2 aromatic carbocycles. The van der Waals surface area contributed by atoms with E-state index in [4.69, 9.17) is 0 Å². The first-order chi connectivity index (χ1) is 16.6. The molecule has 1 aliphatic carbocycles. The van der Waals surface area contributed by atoms with Crippen LogP contribution in [0.4, 0.5) is 23.2 Å². The fraction of sp³-hybridized carbons (Fsp3) is 0.500. The number of carbonyl (C=O) groups is 2. The number of alkyl halides is 3. The number of halogens is 4. The highest BCUT2D eigenvalue weighted by Crippen LogP contribution is 2.41. The molecule has 1 saturated carbocycles. The number of rotatable bonds is 7. The second-order valence-electron chi connectivity index (χ2n) is 10.1. The van der Waals surface area contributed by atoms with Gasteiger partial charge in [0.05, 0.1) is 16.9 Å². The van der Waals surface area contributed by atoms with E-state index >= 15 is 0 Å². The molecule has 0 bridgehead atoms. The van der Waals surface area contributed by atoms with E-state index < -0.39 is 34.6 Å². The summed E-state index contributed by atoms with van der Waals surface area (Å²) in [4.78, 5) is 25.0. The summed E-state index contributed by atoms with van der Waals surface area (Å²) >= 11 is 0. The van der Waals surface area contributed by atoms with Gasteiger partial charge in [0.2, 0.25) is 0 Å².